The molecule has 1 unspecified atom stereocenters. The van der Waals surface area contributed by atoms with Gasteiger partial charge in [0.1, 0.15) is 6.23 Å². The summed E-state index contributed by atoms with van der Waals surface area (Å²) in [5.74, 6) is 1.00. The molecule has 1 aliphatic heterocycles. The van der Waals surface area contributed by atoms with E-state index < -0.39 is 6.23 Å². The minimum absolute atomic E-state index is 0.406. The third-order valence-corrected chi connectivity index (χ3v) is 5.79. The largest absolute Gasteiger partial charge is 0.380 e. The fourth-order valence-corrected chi connectivity index (χ4v) is 4.49. The Kier molecular flexibility index (Phi) is 5.68. The van der Waals surface area contributed by atoms with Gasteiger partial charge in [-0.2, -0.15) is 4.98 Å². The Bertz CT molecular complexity index is 1280. The van der Waals surface area contributed by atoms with Crippen LogP contribution in [0.25, 0.3) is 34.0 Å². The Hall–Kier alpha value is -3.52. The van der Waals surface area contributed by atoms with Crippen LogP contribution in [0.5, 0.6) is 0 Å². The summed E-state index contributed by atoms with van der Waals surface area (Å²) in [4.78, 5) is 4.77. The van der Waals surface area contributed by atoms with Gasteiger partial charge in [0, 0.05) is 18.2 Å². The van der Waals surface area contributed by atoms with E-state index in [9.17, 15) is 5.11 Å². The minimum atomic E-state index is -0.750. The molecule has 33 heavy (non-hydrogen) atoms. The van der Waals surface area contributed by atoms with Crippen molar-refractivity contribution >= 4 is 5.69 Å². The van der Waals surface area contributed by atoms with Gasteiger partial charge in [0.05, 0.1) is 24.4 Å². The molecule has 0 spiro atoms. The van der Waals surface area contributed by atoms with Crippen LogP contribution in [0.1, 0.15) is 23.6 Å². The van der Waals surface area contributed by atoms with Crippen molar-refractivity contribution in [1.82, 2.24) is 15.6 Å². The van der Waals surface area contributed by atoms with Gasteiger partial charge in [-0.25, -0.2) is 5.43 Å². The number of aromatic nitrogens is 2. The zero-order chi connectivity index (χ0) is 22.9. The summed E-state index contributed by atoms with van der Waals surface area (Å²) in [6.07, 6.45) is -0.750. The molecule has 0 aliphatic carbocycles. The third kappa shape index (κ3) is 4.02. The molecule has 7 heteroatoms. The second kappa shape index (κ2) is 8.78. The normalized spacial score (nSPS) is 13.5. The lowest BCUT2D eigenvalue weighted by atomic mass is 9.91. The van der Waals surface area contributed by atoms with E-state index >= 15 is 0 Å². The van der Waals surface area contributed by atoms with Crippen LogP contribution >= 0.6 is 0 Å². The maximum absolute atomic E-state index is 10.3. The van der Waals surface area contributed by atoms with Gasteiger partial charge in [0.25, 0.3) is 5.89 Å². The van der Waals surface area contributed by atoms with Crippen molar-refractivity contribution in [3.05, 3.63) is 77.4 Å². The fraction of sp³-hybridized carbons (Fsp3) is 0.231. The number of anilines is 1. The van der Waals surface area contributed by atoms with E-state index in [-0.39, 0.29) is 0 Å². The first-order chi connectivity index (χ1) is 16.0. The lowest BCUT2D eigenvalue weighted by molar-refractivity contribution is 0.150. The number of rotatable bonds is 5. The summed E-state index contributed by atoms with van der Waals surface area (Å²) in [6.45, 7) is 4.69. The summed E-state index contributed by atoms with van der Waals surface area (Å²) in [7, 11) is 1.68. The molecule has 0 amide bonds. The molecule has 7 nitrogen and oxygen atoms in total. The molecule has 2 N–H and O–H groups in total. The SMILES string of the molecule is COCc1cc(-c2ccccc2)c2c(C)c1N(NC(C)O)Cc1cccc(c1)-c1noc-2n1. The number of hydrogen-bond acceptors (Lipinski definition) is 7. The lowest BCUT2D eigenvalue weighted by Crippen LogP contribution is -2.44. The van der Waals surface area contributed by atoms with Gasteiger partial charge in [-0.1, -0.05) is 53.7 Å². The number of ether oxygens (including phenoxy) is 1. The quantitative estimate of drug-likeness (QED) is 0.434. The Morgan fingerprint density at radius 1 is 1.12 bits per heavy atom. The molecule has 3 aromatic carbocycles. The highest BCUT2D eigenvalue weighted by Crippen LogP contribution is 2.42. The van der Waals surface area contributed by atoms with Crippen molar-refractivity contribution in [1.29, 1.82) is 0 Å². The number of hydrogen-bond donors (Lipinski definition) is 2. The molecule has 2 heterocycles. The van der Waals surface area contributed by atoms with Crippen molar-refractivity contribution in [2.45, 2.75) is 33.2 Å². The number of nitrogens with zero attached hydrogens (tertiary/aromatic N) is 3. The molecule has 5 rings (SSSR count). The Labute approximate surface area is 192 Å². The summed E-state index contributed by atoms with van der Waals surface area (Å²) in [6, 6.07) is 20.3. The topological polar surface area (TPSA) is 83.7 Å². The summed E-state index contributed by atoms with van der Waals surface area (Å²) < 4.78 is 11.4. The zero-order valence-corrected chi connectivity index (χ0v) is 18.9. The van der Waals surface area contributed by atoms with Gasteiger partial charge in [-0.15, -0.1) is 0 Å². The molecule has 0 saturated carbocycles. The number of aliphatic hydroxyl groups is 1. The second-order valence-corrected chi connectivity index (χ2v) is 8.25. The van der Waals surface area contributed by atoms with E-state index in [0.29, 0.717) is 24.9 Å². The molecule has 1 aromatic heterocycles. The lowest BCUT2D eigenvalue weighted by Gasteiger charge is -2.32. The summed E-state index contributed by atoms with van der Waals surface area (Å²) in [5, 5.41) is 16.5. The van der Waals surface area contributed by atoms with Gasteiger partial charge in [0.15, 0.2) is 0 Å². The first kappa shape index (κ1) is 21.3. The van der Waals surface area contributed by atoms with Crippen LogP contribution in [0.15, 0.2) is 65.2 Å². The number of benzene rings is 3. The Balaban J connectivity index is 1.85. The van der Waals surface area contributed by atoms with Crippen molar-refractivity contribution in [2.75, 3.05) is 12.1 Å². The molecular formula is C26H26N4O3. The first-order valence-electron chi connectivity index (χ1n) is 10.9. The molecule has 6 bridgehead atoms. The third-order valence-electron chi connectivity index (χ3n) is 5.79. The highest BCUT2D eigenvalue weighted by molar-refractivity contribution is 5.88. The average molecular weight is 443 g/mol. The van der Waals surface area contributed by atoms with Crippen LogP contribution < -0.4 is 10.4 Å². The van der Waals surface area contributed by atoms with Crippen LogP contribution in [0, 0.1) is 6.92 Å². The van der Waals surface area contributed by atoms with Crippen LogP contribution in [-0.2, 0) is 17.9 Å². The van der Waals surface area contributed by atoms with E-state index in [1.54, 1.807) is 14.0 Å². The Morgan fingerprint density at radius 3 is 2.67 bits per heavy atom. The average Bonchev–Trinajstić information content (AvgIpc) is 3.28. The highest BCUT2D eigenvalue weighted by Gasteiger charge is 2.26. The van der Waals surface area contributed by atoms with Crippen LogP contribution in [0.3, 0.4) is 0 Å². The molecule has 0 saturated heterocycles. The second-order valence-electron chi connectivity index (χ2n) is 8.25. The van der Waals surface area contributed by atoms with E-state index in [2.05, 4.69) is 28.8 Å². The zero-order valence-electron chi connectivity index (χ0n) is 18.9. The van der Waals surface area contributed by atoms with Crippen LogP contribution in [0.2, 0.25) is 0 Å². The van der Waals surface area contributed by atoms with E-state index in [1.165, 1.54) is 0 Å². The predicted molar refractivity (Wildman–Crippen MR) is 127 cm³/mol. The van der Waals surface area contributed by atoms with Crippen molar-refractivity contribution in [3.8, 4) is 34.0 Å². The standard InChI is InChI=1S/C26H26N4O3/c1-16-23-22(19-9-5-4-6-10-19)13-21(15-32-3)24(16)30(28-17(2)31)14-18-8-7-11-20(12-18)25-27-26(23)33-29-25/h4-13,17,28,31H,14-15H2,1-3H3. The number of nitrogens with one attached hydrogen (secondary N) is 1. The number of methoxy groups -OCH3 is 1. The van der Waals surface area contributed by atoms with Crippen molar-refractivity contribution in [2.24, 2.45) is 0 Å². The molecule has 4 aromatic rings. The number of aliphatic hydroxyl groups excluding tert-OH is 1. The monoisotopic (exact) mass is 442 g/mol. The van der Waals surface area contributed by atoms with Gasteiger partial charge in [0.2, 0.25) is 5.82 Å². The first-order valence-corrected chi connectivity index (χ1v) is 10.9. The number of hydrazine groups is 1. The molecular weight excluding hydrogens is 416 g/mol. The van der Waals surface area contributed by atoms with E-state index in [1.807, 2.05) is 54.4 Å². The van der Waals surface area contributed by atoms with Gasteiger partial charge >= 0.3 is 0 Å². The molecule has 0 fully saturated rings. The summed E-state index contributed by atoms with van der Waals surface area (Å²) in [5.41, 5.74) is 10.9. The molecule has 168 valence electrons. The maximum Gasteiger partial charge on any atom is 0.259 e. The van der Waals surface area contributed by atoms with Gasteiger partial charge in [-0.3, -0.25) is 0 Å². The van der Waals surface area contributed by atoms with Crippen molar-refractivity contribution in [3.63, 3.8) is 0 Å². The predicted octanol–water partition coefficient (Wildman–Crippen LogP) is 4.69. The highest BCUT2D eigenvalue weighted by atomic mass is 16.5. The van der Waals surface area contributed by atoms with Crippen molar-refractivity contribution < 1.29 is 14.4 Å². The molecule has 1 atom stereocenters. The van der Waals surface area contributed by atoms with E-state index in [0.717, 1.165) is 44.6 Å². The van der Waals surface area contributed by atoms with Gasteiger partial charge in [-0.05, 0) is 48.2 Å². The molecule has 0 radical (unpaired) electrons. The van der Waals surface area contributed by atoms with Crippen LogP contribution in [0.4, 0.5) is 5.69 Å². The Morgan fingerprint density at radius 2 is 1.91 bits per heavy atom. The van der Waals surface area contributed by atoms with Crippen LogP contribution in [-0.4, -0.2) is 28.6 Å². The summed E-state index contributed by atoms with van der Waals surface area (Å²) >= 11 is 0. The maximum atomic E-state index is 10.3. The number of fused-ring (bicyclic) bond motifs is 8. The smallest absolute Gasteiger partial charge is 0.259 e. The minimum Gasteiger partial charge on any atom is -0.380 e. The van der Waals surface area contributed by atoms with E-state index in [4.69, 9.17) is 14.2 Å². The fourth-order valence-electron chi connectivity index (χ4n) is 4.49. The van der Waals surface area contributed by atoms with Gasteiger partial charge < -0.3 is 19.4 Å². The molecule has 1 aliphatic rings.